The average molecular weight is 314 g/mol. The molecule has 0 aromatic heterocycles. The molecule has 0 unspecified atom stereocenters. The van der Waals surface area contributed by atoms with E-state index in [1.54, 1.807) is 0 Å². The van der Waals surface area contributed by atoms with Crippen LogP contribution in [0.4, 0.5) is 0 Å². The third-order valence-electron chi connectivity index (χ3n) is 0. The second kappa shape index (κ2) is 18.9. The standard InChI is InChI=1S/As.S.Se.Te. The molecule has 0 saturated heterocycles. The normalized spacial score (nSPS) is 0. The van der Waals surface area contributed by atoms with Crippen LogP contribution in [0.2, 0.25) is 0 Å². The van der Waals surface area contributed by atoms with Crippen molar-refractivity contribution >= 4 is 72.2 Å². The average Bonchev–Trinajstić information content (AvgIpc) is 0. The van der Waals surface area contributed by atoms with Crippen LogP contribution >= 0.6 is 13.5 Å². The summed E-state index contributed by atoms with van der Waals surface area (Å²) in [6.07, 6.45) is 0. The van der Waals surface area contributed by atoms with Crippen molar-refractivity contribution in [2.75, 3.05) is 0 Å². The quantitative estimate of drug-likeness (QED) is 0.529. The van der Waals surface area contributed by atoms with Gasteiger partial charge in [-0.05, 0) is 0 Å². The summed E-state index contributed by atoms with van der Waals surface area (Å²) in [7, 11) is 0. The zero-order chi connectivity index (χ0) is 0. The van der Waals surface area contributed by atoms with E-state index in [9.17, 15) is 0 Å². The number of hydrogen-bond donors (Lipinski definition) is 0. The molecular weight excluding hydrogens is 314 g/mol. The van der Waals surface area contributed by atoms with Gasteiger partial charge in [0.25, 0.3) is 0 Å². The van der Waals surface area contributed by atoms with Crippen LogP contribution in [0.5, 0.6) is 0 Å². The molecule has 4 heavy (non-hydrogen) atoms. The third kappa shape index (κ3) is 8.88. The van der Waals surface area contributed by atoms with Crippen molar-refractivity contribution in [3.05, 3.63) is 0 Å². The van der Waals surface area contributed by atoms with Gasteiger partial charge in [-0.25, -0.2) is 0 Å². The predicted octanol–water partition coefficient (Wildman–Crippen LogP) is -0.494. The second-order valence-corrected chi connectivity index (χ2v) is 0. The Kier molecular flexibility index (Phi) is 162. The van der Waals surface area contributed by atoms with Gasteiger partial charge in [0, 0.05) is 72.2 Å². The minimum atomic E-state index is 0. The molecule has 0 aliphatic rings. The summed E-state index contributed by atoms with van der Waals surface area (Å²) in [4.78, 5) is 0. The summed E-state index contributed by atoms with van der Waals surface area (Å²) in [5, 5.41) is 0. The Morgan fingerprint density at radius 2 is 1.00 bits per heavy atom. The Labute approximate surface area is 71.4 Å². The molecule has 0 nitrogen and oxygen atoms in total. The van der Waals surface area contributed by atoms with Crippen LogP contribution in [-0.2, 0) is 0 Å². The van der Waals surface area contributed by atoms with Crippen LogP contribution in [0.3, 0.4) is 0 Å². The molecule has 0 aromatic carbocycles. The van der Waals surface area contributed by atoms with Crippen molar-refractivity contribution in [3.63, 3.8) is 0 Å². The van der Waals surface area contributed by atoms with E-state index in [4.69, 9.17) is 0 Å². The molecule has 0 aromatic rings. The molecule has 9 radical (unpaired) electrons. The van der Waals surface area contributed by atoms with E-state index in [1.165, 1.54) is 0 Å². The van der Waals surface area contributed by atoms with Crippen molar-refractivity contribution in [1.82, 2.24) is 0 Å². The maximum absolute atomic E-state index is 0. The Hall–Kier alpha value is 2.22. The van der Waals surface area contributed by atoms with Gasteiger partial charge >= 0.3 is 0 Å². The third-order valence-corrected chi connectivity index (χ3v) is 0. The zero-order valence-electron chi connectivity index (χ0n) is 1.67. The van der Waals surface area contributed by atoms with Crippen molar-refractivity contribution in [1.29, 1.82) is 0 Å². The van der Waals surface area contributed by atoms with Gasteiger partial charge in [-0.2, -0.15) is 0 Å². The van der Waals surface area contributed by atoms with Gasteiger partial charge in [-0.3, -0.25) is 0 Å². The number of rotatable bonds is 0. The van der Waals surface area contributed by atoms with Crippen LogP contribution in [0.15, 0.2) is 0 Å². The molecule has 23 valence electrons. The van der Waals surface area contributed by atoms with Crippen molar-refractivity contribution in [3.8, 4) is 0 Å². The van der Waals surface area contributed by atoms with Crippen molar-refractivity contribution in [2.45, 2.75) is 0 Å². The zero-order valence-corrected chi connectivity index (χ0v) is 8.41. The molecule has 0 aliphatic carbocycles. The fourth-order valence-corrected chi connectivity index (χ4v) is 0. The smallest absolute Gasteiger partial charge is 0 e. The molecule has 0 saturated carbocycles. The molecule has 0 spiro atoms. The van der Waals surface area contributed by atoms with E-state index < -0.39 is 0 Å². The summed E-state index contributed by atoms with van der Waals surface area (Å²) >= 11 is 0. The first-order valence-electron chi connectivity index (χ1n) is 0. The van der Waals surface area contributed by atoms with Crippen LogP contribution in [-0.4, -0.2) is 58.7 Å². The van der Waals surface area contributed by atoms with Gasteiger partial charge in [0.2, 0.25) is 0 Å². The van der Waals surface area contributed by atoms with Crippen LogP contribution in [0.1, 0.15) is 0 Å². The van der Waals surface area contributed by atoms with E-state index in [0.717, 1.165) is 0 Å². The maximum atomic E-state index is 0. The summed E-state index contributed by atoms with van der Waals surface area (Å²) < 4.78 is 0. The molecule has 0 amide bonds. The molecular formula is AsSSeTe. The summed E-state index contributed by atoms with van der Waals surface area (Å²) in [5.41, 5.74) is 0. The molecule has 0 aliphatic heterocycles. The summed E-state index contributed by atoms with van der Waals surface area (Å²) in [6, 6.07) is 0. The second-order valence-electron chi connectivity index (χ2n) is 0. The number of hydrogen-bond acceptors (Lipinski definition) is 0. The van der Waals surface area contributed by atoms with Crippen molar-refractivity contribution in [2.24, 2.45) is 0 Å². The molecule has 0 atom stereocenters. The SMILES string of the molecule is [As].[S].[Se].[Te]. The first-order valence-corrected chi connectivity index (χ1v) is 0. The monoisotopic (exact) mass is 317 g/mol. The van der Waals surface area contributed by atoms with Crippen molar-refractivity contribution < 1.29 is 0 Å². The predicted molar refractivity (Wildman–Crippen MR) is 24.9 cm³/mol. The van der Waals surface area contributed by atoms with Gasteiger partial charge in [0.1, 0.15) is 0 Å². The van der Waals surface area contributed by atoms with E-state index >= 15 is 0 Å². The van der Waals surface area contributed by atoms with E-state index in [1.807, 2.05) is 0 Å². The first-order chi connectivity index (χ1) is 0. The van der Waals surface area contributed by atoms with Crippen LogP contribution in [0, 0.1) is 0 Å². The minimum Gasteiger partial charge on any atom is 0 e. The Bertz CT molecular complexity index is 8.00. The summed E-state index contributed by atoms with van der Waals surface area (Å²) in [5.74, 6) is 0. The Balaban J connectivity index is 0. The van der Waals surface area contributed by atoms with Gasteiger partial charge in [-0.1, -0.05) is 0 Å². The Morgan fingerprint density at radius 3 is 1.00 bits per heavy atom. The fourth-order valence-electron chi connectivity index (χ4n) is 0. The summed E-state index contributed by atoms with van der Waals surface area (Å²) in [6.45, 7) is 0. The van der Waals surface area contributed by atoms with E-state index in [-0.39, 0.29) is 72.2 Å². The van der Waals surface area contributed by atoms with E-state index in [2.05, 4.69) is 0 Å². The molecule has 0 heterocycles. The molecule has 0 fully saturated rings. The largest absolute Gasteiger partial charge is 0 e. The molecule has 4 heteroatoms. The fraction of sp³-hybridized carbons (Fsp3) is 0. The molecule has 0 bridgehead atoms. The maximum Gasteiger partial charge on any atom is 0 e. The van der Waals surface area contributed by atoms with Gasteiger partial charge in [-0.15, -0.1) is 0 Å². The first kappa shape index (κ1) is 34.4. The van der Waals surface area contributed by atoms with Crippen LogP contribution in [0.25, 0.3) is 0 Å². The van der Waals surface area contributed by atoms with Gasteiger partial charge in [0.15, 0.2) is 0 Å². The topological polar surface area (TPSA) is 0 Å². The van der Waals surface area contributed by atoms with Gasteiger partial charge < -0.3 is 0 Å². The van der Waals surface area contributed by atoms with Gasteiger partial charge in [0.05, 0.1) is 0 Å². The Morgan fingerprint density at radius 1 is 1.00 bits per heavy atom. The van der Waals surface area contributed by atoms with Crippen LogP contribution < -0.4 is 0 Å². The van der Waals surface area contributed by atoms with E-state index in [0.29, 0.717) is 0 Å². The molecule has 0 rings (SSSR count). The molecule has 0 N–H and O–H groups in total. The minimum absolute atomic E-state index is 0.